The lowest BCUT2D eigenvalue weighted by molar-refractivity contribution is -0.154. The van der Waals surface area contributed by atoms with Crippen molar-refractivity contribution in [3.8, 4) is 0 Å². The Balaban J connectivity index is 2.01. The predicted molar refractivity (Wildman–Crippen MR) is 81.0 cm³/mol. The fraction of sp³-hybridized carbons (Fsp3) is 0.875. The highest BCUT2D eigenvalue weighted by atomic mass is 16.5. The van der Waals surface area contributed by atoms with Crippen LogP contribution < -0.4 is 5.32 Å². The first kappa shape index (κ1) is 16.1. The van der Waals surface area contributed by atoms with E-state index >= 15 is 0 Å². The van der Waals surface area contributed by atoms with Crippen LogP contribution in [0.1, 0.15) is 58.8 Å². The minimum Gasteiger partial charge on any atom is -0.464 e. The van der Waals surface area contributed by atoms with E-state index in [-0.39, 0.29) is 12.0 Å². The molecule has 2 fully saturated rings. The quantitative estimate of drug-likeness (QED) is 0.811. The van der Waals surface area contributed by atoms with Crippen LogP contribution in [-0.2, 0) is 9.53 Å². The number of nitrogens with one attached hydrogen (secondary N) is 1. The van der Waals surface area contributed by atoms with E-state index < -0.39 is 5.54 Å². The second kappa shape index (κ2) is 7.14. The molecule has 1 saturated heterocycles. The van der Waals surface area contributed by atoms with Gasteiger partial charge in [0, 0.05) is 13.1 Å². The molecule has 1 aliphatic carbocycles. The molecule has 1 N–H and O–H groups in total. The molecule has 0 aromatic heterocycles. The monoisotopic (exact) mass is 296 g/mol. The summed E-state index contributed by atoms with van der Waals surface area (Å²) in [7, 11) is 0. The van der Waals surface area contributed by atoms with Crippen LogP contribution in [0.5, 0.6) is 0 Å². The Hall–Kier alpha value is -1.26. The standard InChI is InChI=1S/C16H28N2O3/c1-13(2)12-21-14(19)16(8-4-3-5-9-16)17-15(20)18-10-6-7-11-18/h13H,3-12H2,1-2H3,(H,17,20). The maximum Gasteiger partial charge on any atom is 0.331 e. The summed E-state index contributed by atoms with van der Waals surface area (Å²) in [6.07, 6.45) is 6.57. The van der Waals surface area contributed by atoms with Crippen molar-refractivity contribution in [3.05, 3.63) is 0 Å². The summed E-state index contributed by atoms with van der Waals surface area (Å²) in [5.74, 6) is 0.0623. The van der Waals surface area contributed by atoms with Crippen molar-refractivity contribution in [1.29, 1.82) is 0 Å². The molecule has 21 heavy (non-hydrogen) atoms. The Labute approximate surface area is 127 Å². The summed E-state index contributed by atoms with van der Waals surface area (Å²) < 4.78 is 5.44. The third-order valence-corrected chi connectivity index (χ3v) is 4.39. The molecule has 120 valence electrons. The Morgan fingerprint density at radius 2 is 1.71 bits per heavy atom. The van der Waals surface area contributed by atoms with Gasteiger partial charge in [-0.25, -0.2) is 9.59 Å². The zero-order valence-corrected chi connectivity index (χ0v) is 13.3. The van der Waals surface area contributed by atoms with Crippen molar-refractivity contribution >= 4 is 12.0 Å². The lowest BCUT2D eigenvalue weighted by Crippen LogP contribution is -2.59. The molecule has 0 radical (unpaired) electrons. The van der Waals surface area contributed by atoms with Gasteiger partial charge in [-0.3, -0.25) is 0 Å². The number of carbonyl (C=O) groups is 2. The lowest BCUT2D eigenvalue weighted by atomic mass is 9.81. The predicted octanol–water partition coefficient (Wildman–Crippen LogP) is 2.69. The van der Waals surface area contributed by atoms with Gasteiger partial charge in [-0.1, -0.05) is 33.1 Å². The number of hydrogen-bond acceptors (Lipinski definition) is 3. The smallest absolute Gasteiger partial charge is 0.331 e. The van der Waals surface area contributed by atoms with Gasteiger partial charge < -0.3 is 15.0 Å². The fourth-order valence-electron chi connectivity index (χ4n) is 3.12. The van der Waals surface area contributed by atoms with Crippen LogP contribution in [0.4, 0.5) is 4.79 Å². The largest absolute Gasteiger partial charge is 0.464 e. The average molecular weight is 296 g/mol. The van der Waals surface area contributed by atoms with Gasteiger partial charge in [-0.15, -0.1) is 0 Å². The molecule has 2 amide bonds. The van der Waals surface area contributed by atoms with Crippen molar-refractivity contribution in [3.63, 3.8) is 0 Å². The van der Waals surface area contributed by atoms with Crippen LogP contribution in [0, 0.1) is 5.92 Å². The van der Waals surface area contributed by atoms with Crippen LogP contribution in [0.2, 0.25) is 0 Å². The molecule has 2 rings (SSSR count). The normalized spacial score (nSPS) is 21.4. The van der Waals surface area contributed by atoms with Gasteiger partial charge in [-0.2, -0.15) is 0 Å². The maximum absolute atomic E-state index is 12.5. The number of hydrogen-bond donors (Lipinski definition) is 1. The molecule has 5 heteroatoms. The third-order valence-electron chi connectivity index (χ3n) is 4.39. The average Bonchev–Trinajstić information content (AvgIpc) is 3.00. The van der Waals surface area contributed by atoms with Crippen LogP contribution >= 0.6 is 0 Å². The Morgan fingerprint density at radius 1 is 1.10 bits per heavy atom. The van der Waals surface area contributed by atoms with Crippen LogP contribution in [0.3, 0.4) is 0 Å². The van der Waals surface area contributed by atoms with Crippen LogP contribution in [0.15, 0.2) is 0 Å². The number of rotatable bonds is 4. The highest BCUT2D eigenvalue weighted by molar-refractivity contribution is 5.87. The van der Waals surface area contributed by atoms with Crippen molar-refractivity contribution in [2.45, 2.75) is 64.3 Å². The molecule has 0 atom stereocenters. The van der Waals surface area contributed by atoms with Crippen molar-refractivity contribution in [1.82, 2.24) is 10.2 Å². The zero-order chi connectivity index (χ0) is 15.3. The Bertz CT molecular complexity index is 370. The maximum atomic E-state index is 12.5. The molecule has 1 saturated carbocycles. The van der Waals surface area contributed by atoms with Gasteiger partial charge in [-0.05, 0) is 31.6 Å². The van der Waals surface area contributed by atoms with Crippen molar-refractivity contribution < 1.29 is 14.3 Å². The molecular formula is C16H28N2O3. The van der Waals surface area contributed by atoms with Crippen LogP contribution in [-0.4, -0.2) is 42.1 Å². The summed E-state index contributed by atoms with van der Waals surface area (Å²) in [5, 5.41) is 3.01. The number of nitrogens with zero attached hydrogens (tertiary/aromatic N) is 1. The lowest BCUT2D eigenvalue weighted by Gasteiger charge is -2.37. The highest BCUT2D eigenvalue weighted by Crippen LogP contribution is 2.30. The molecule has 0 spiro atoms. The van der Waals surface area contributed by atoms with E-state index in [1.54, 1.807) is 0 Å². The van der Waals surface area contributed by atoms with E-state index in [1.807, 2.05) is 18.7 Å². The Morgan fingerprint density at radius 3 is 2.29 bits per heavy atom. The third kappa shape index (κ3) is 4.11. The minimum absolute atomic E-state index is 0.101. The van der Waals surface area contributed by atoms with Gasteiger partial charge in [0.05, 0.1) is 6.61 Å². The molecule has 0 aromatic carbocycles. The summed E-state index contributed by atoms with van der Waals surface area (Å²) in [6, 6.07) is -0.101. The summed E-state index contributed by atoms with van der Waals surface area (Å²) in [4.78, 5) is 26.7. The number of likely N-dealkylation sites (tertiary alicyclic amines) is 1. The molecule has 1 heterocycles. The van der Waals surface area contributed by atoms with Gasteiger partial charge in [0.25, 0.3) is 0 Å². The van der Waals surface area contributed by atoms with Gasteiger partial charge in [0.15, 0.2) is 0 Å². The molecular weight excluding hydrogens is 268 g/mol. The topological polar surface area (TPSA) is 58.6 Å². The number of urea groups is 1. The van der Waals surface area contributed by atoms with Gasteiger partial charge in [0.1, 0.15) is 5.54 Å². The first-order valence-electron chi connectivity index (χ1n) is 8.28. The molecule has 0 aromatic rings. The summed E-state index contributed by atoms with van der Waals surface area (Å²) >= 11 is 0. The summed E-state index contributed by atoms with van der Waals surface area (Å²) in [6.45, 7) is 6.04. The highest BCUT2D eigenvalue weighted by Gasteiger charge is 2.43. The number of amides is 2. The van der Waals surface area contributed by atoms with E-state index in [0.717, 1.165) is 45.2 Å². The molecule has 2 aliphatic rings. The van der Waals surface area contributed by atoms with E-state index in [4.69, 9.17) is 4.74 Å². The molecule has 1 aliphatic heterocycles. The van der Waals surface area contributed by atoms with Crippen LogP contribution in [0.25, 0.3) is 0 Å². The number of esters is 1. The van der Waals surface area contributed by atoms with E-state index in [0.29, 0.717) is 25.4 Å². The first-order valence-corrected chi connectivity index (χ1v) is 8.28. The molecule has 0 unspecified atom stereocenters. The zero-order valence-electron chi connectivity index (χ0n) is 13.3. The second-order valence-electron chi connectivity index (χ2n) is 6.76. The first-order chi connectivity index (χ1) is 10.0. The van der Waals surface area contributed by atoms with E-state index in [9.17, 15) is 9.59 Å². The van der Waals surface area contributed by atoms with Crippen molar-refractivity contribution in [2.24, 2.45) is 5.92 Å². The van der Waals surface area contributed by atoms with Crippen molar-refractivity contribution in [2.75, 3.05) is 19.7 Å². The molecule has 0 bridgehead atoms. The second-order valence-corrected chi connectivity index (χ2v) is 6.76. The Kier molecular flexibility index (Phi) is 5.48. The minimum atomic E-state index is -0.799. The van der Waals surface area contributed by atoms with Gasteiger partial charge >= 0.3 is 12.0 Å². The fourth-order valence-corrected chi connectivity index (χ4v) is 3.12. The SMILES string of the molecule is CC(C)COC(=O)C1(NC(=O)N2CCCC2)CCCCC1. The molecule has 5 nitrogen and oxygen atoms in total. The van der Waals surface area contributed by atoms with Gasteiger partial charge in [0.2, 0.25) is 0 Å². The number of ether oxygens (including phenoxy) is 1. The van der Waals surface area contributed by atoms with E-state index in [1.165, 1.54) is 0 Å². The van der Waals surface area contributed by atoms with E-state index in [2.05, 4.69) is 5.32 Å². The summed E-state index contributed by atoms with van der Waals surface area (Å²) in [5.41, 5.74) is -0.799. The number of carbonyl (C=O) groups excluding carboxylic acids is 2.